The van der Waals surface area contributed by atoms with Gasteiger partial charge in [-0.25, -0.2) is 4.98 Å². The maximum absolute atomic E-state index is 9.08. The van der Waals surface area contributed by atoms with Crippen molar-refractivity contribution in [3.8, 4) is 39.6 Å². The smallest absolute Gasteiger partial charge is 0.137 e. The molecule has 0 bridgehead atoms. The van der Waals surface area contributed by atoms with E-state index in [0.717, 1.165) is 50.6 Å². The van der Waals surface area contributed by atoms with Crippen molar-refractivity contribution in [3.05, 3.63) is 193 Å². The summed E-state index contributed by atoms with van der Waals surface area (Å²) in [4.78, 5) is 9.37. The number of rotatable bonds is 7. The van der Waals surface area contributed by atoms with Crippen LogP contribution in [0.3, 0.4) is 0 Å². The lowest BCUT2D eigenvalue weighted by Crippen LogP contribution is -2.25. The van der Waals surface area contributed by atoms with Crippen molar-refractivity contribution in [3.63, 3.8) is 0 Å². The zero-order chi connectivity index (χ0) is 46.2. The first-order valence-electron chi connectivity index (χ1n) is 23.3. The summed E-state index contributed by atoms with van der Waals surface area (Å²) in [7, 11) is 0. The molecule has 0 radical (unpaired) electrons. The fourth-order valence-electron chi connectivity index (χ4n) is 8.45. The van der Waals surface area contributed by atoms with Gasteiger partial charge in [0, 0.05) is 45.9 Å². The molecule has 0 N–H and O–H groups in total. The number of anilines is 4. The molecule has 0 saturated heterocycles. The van der Waals surface area contributed by atoms with Crippen LogP contribution in [0.1, 0.15) is 59.5 Å². The van der Waals surface area contributed by atoms with Gasteiger partial charge < -0.3 is 14.5 Å². The number of benzene rings is 7. The van der Waals surface area contributed by atoms with Crippen molar-refractivity contribution in [2.45, 2.75) is 52.4 Å². The highest BCUT2D eigenvalue weighted by atomic mass is 16.5. The Balaban J connectivity index is 1.09. The summed E-state index contributed by atoms with van der Waals surface area (Å²) in [5.74, 6) is 1.49. The van der Waals surface area contributed by atoms with Crippen LogP contribution in [0.15, 0.2) is 182 Å². The van der Waals surface area contributed by atoms with Crippen LogP contribution in [-0.2, 0) is 10.8 Å². The third-order valence-corrected chi connectivity index (χ3v) is 11.7. The fourth-order valence-corrected chi connectivity index (χ4v) is 8.45. The number of hydrogen-bond acceptors (Lipinski definition) is 4. The molecule has 7 aromatic carbocycles. The van der Waals surface area contributed by atoms with Crippen LogP contribution in [-0.4, -0.2) is 16.2 Å². The minimum atomic E-state index is -0.309. The zero-order valence-corrected chi connectivity index (χ0v) is 35.3. The van der Waals surface area contributed by atoms with E-state index in [4.69, 9.17) is 16.6 Å². The molecule has 0 atom stereocenters. The average Bonchev–Trinajstić information content (AvgIpc) is 3.86. The lowest BCUT2D eigenvalue weighted by molar-refractivity contribution is 0.483. The highest BCUT2D eigenvalue weighted by Gasteiger charge is 2.32. The highest BCUT2D eigenvalue weighted by molar-refractivity contribution is 6.09. The Morgan fingerprint density at radius 2 is 1.16 bits per heavy atom. The van der Waals surface area contributed by atoms with E-state index < -0.39 is 0 Å². The topological polar surface area (TPSA) is 33.5 Å². The zero-order valence-electron chi connectivity index (χ0n) is 40.3. The molecule has 1 aliphatic rings. The van der Waals surface area contributed by atoms with Gasteiger partial charge in [0.2, 0.25) is 0 Å². The monoisotopic (exact) mass is 799 g/mol. The van der Waals surface area contributed by atoms with Crippen molar-refractivity contribution < 1.29 is 11.6 Å². The van der Waals surface area contributed by atoms with Gasteiger partial charge >= 0.3 is 0 Å². The molecule has 0 unspecified atom stereocenters. The Morgan fingerprint density at radius 3 is 1.84 bits per heavy atom. The summed E-state index contributed by atoms with van der Waals surface area (Å²) in [6.45, 7) is 13.6. The van der Waals surface area contributed by atoms with Gasteiger partial charge in [-0.2, -0.15) is 0 Å². The number of pyridine rings is 1. The first-order valence-corrected chi connectivity index (χ1v) is 20.8. The maximum atomic E-state index is 9.08. The van der Waals surface area contributed by atoms with Crippen molar-refractivity contribution >= 4 is 44.6 Å². The minimum absolute atomic E-state index is 0.104. The third-order valence-electron chi connectivity index (χ3n) is 11.7. The Hall–Kier alpha value is -7.11. The fraction of sp³-hybridized carbons (Fsp3) is 0.161. The van der Waals surface area contributed by atoms with E-state index in [0.29, 0.717) is 45.8 Å². The molecule has 9 aromatic rings. The molecule has 0 amide bonds. The second kappa shape index (κ2) is 14.9. The van der Waals surface area contributed by atoms with E-state index in [-0.39, 0.29) is 41.0 Å². The molecule has 2 aromatic heterocycles. The molecular formula is C56H50N4O. The lowest BCUT2D eigenvalue weighted by Gasteiger charge is -2.30. The van der Waals surface area contributed by atoms with Gasteiger partial charge in [0.1, 0.15) is 24.0 Å². The number of aromatic nitrogens is 2. The van der Waals surface area contributed by atoms with Crippen LogP contribution >= 0.6 is 0 Å². The Bertz CT molecular complexity index is 3290. The van der Waals surface area contributed by atoms with Crippen LogP contribution in [0.4, 0.5) is 22.7 Å². The third kappa shape index (κ3) is 7.00. The first-order chi connectivity index (χ1) is 31.6. The summed E-state index contributed by atoms with van der Waals surface area (Å²) in [5, 5.41) is 1.06. The molecular weight excluding hydrogens is 745 g/mol. The van der Waals surface area contributed by atoms with Gasteiger partial charge in [0.05, 0.1) is 34.9 Å². The van der Waals surface area contributed by atoms with E-state index in [2.05, 4.69) is 148 Å². The highest BCUT2D eigenvalue weighted by Crippen LogP contribution is 2.51. The number of nitrogens with zero attached hydrogens (tertiary/aromatic N) is 4. The van der Waals surface area contributed by atoms with Gasteiger partial charge in [0.15, 0.2) is 0 Å². The van der Waals surface area contributed by atoms with Gasteiger partial charge in [0.25, 0.3) is 0 Å². The predicted molar refractivity (Wildman–Crippen MR) is 255 cm³/mol. The number of fused-ring (bicyclic) bond motifs is 4. The van der Waals surface area contributed by atoms with Gasteiger partial charge in [-0.05, 0) is 99.8 Å². The summed E-state index contributed by atoms with van der Waals surface area (Å²) < 4.78 is 52.7. The van der Waals surface area contributed by atoms with Crippen molar-refractivity contribution in [1.82, 2.24) is 9.55 Å². The summed E-state index contributed by atoms with van der Waals surface area (Å²) in [6, 6.07) is 48.7. The molecule has 1 aliphatic heterocycles. The standard InChI is InChI=1S/C56H50N4O/c1-55(2,3)40-30-31-57-53(34-40)60-49-25-14-13-24-45(49)46-29-28-44(36-52(46)60)61-43-23-17-22-42(35-43)58-37-59(51-27-16-15-26-50(51)58)54-47(38-18-9-7-10-19-38)32-41(56(4,5)6)33-48(54)39-20-11-8-12-21-39/h7-36H,37H2,1-6H3/i13D,14D,17D,24D,25D. The van der Waals surface area contributed by atoms with Crippen LogP contribution in [0.5, 0.6) is 11.5 Å². The van der Waals surface area contributed by atoms with Crippen LogP contribution in [0.2, 0.25) is 0 Å². The van der Waals surface area contributed by atoms with E-state index in [1.807, 2.05) is 47.0 Å². The molecule has 10 rings (SSSR count). The molecule has 5 nitrogen and oxygen atoms in total. The number of para-hydroxylation sites is 3. The largest absolute Gasteiger partial charge is 0.457 e. The Labute approximate surface area is 366 Å². The molecule has 300 valence electrons. The Kier molecular flexibility index (Phi) is 7.97. The second-order valence-corrected chi connectivity index (χ2v) is 17.8. The molecule has 5 heteroatoms. The molecule has 0 aliphatic carbocycles. The quantitative estimate of drug-likeness (QED) is 0.161. The average molecular weight is 800 g/mol. The van der Waals surface area contributed by atoms with Crippen LogP contribution < -0.4 is 14.5 Å². The summed E-state index contributed by atoms with van der Waals surface area (Å²) in [5.41, 5.74) is 11.4. The molecule has 3 heterocycles. The molecule has 0 fully saturated rings. The van der Waals surface area contributed by atoms with Crippen molar-refractivity contribution in [1.29, 1.82) is 0 Å². The van der Waals surface area contributed by atoms with Crippen molar-refractivity contribution in [2.24, 2.45) is 0 Å². The van der Waals surface area contributed by atoms with Gasteiger partial charge in [-0.15, -0.1) is 0 Å². The van der Waals surface area contributed by atoms with Crippen LogP contribution in [0, 0.1) is 0 Å². The molecule has 0 spiro atoms. The van der Waals surface area contributed by atoms with Crippen LogP contribution in [0.25, 0.3) is 49.9 Å². The minimum Gasteiger partial charge on any atom is -0.457 e. The summed E-state index contributed by atoms with van der Waals surface area (Å²) >= 11 is 0. The van der Waals surface area contributed by atoms with Gasteiger partial charge in [-0.1, -0.05) is 139 Å². The Morgan fingerprint density at radius 1 is 0.541 bits per heavy atom. The first kappa shape index (κ1) is 32.7. The van der Waals surface area contributed by atoms with E-state index >= 15 is 0 Å². The maximum Gasteiger partial charge on any atom is 0.137 e. The summed E-state index contributed by atoms with van der Waals surface area (Å²) in [6.07, 6.45) is 1.74. The second-order valence-electron chi connectivity index (χ2n) is 17.8. The van der Waals surface area contributed by atoms with E-state index in [1.165, 1.54) is 5.56 Å². The number of hydrogen-bond donors (Lipinski definition) is 0. The lowest BCUT2D eigenvalue weighted by atomic mass is 9.82. The van der Waals surface area contributed by atoms with E-state index in [1.54, 1.807) is 12.3 Å². The predicted octanol–water partition coefficient (Wildman–Crippen LogP) is 15.1. The number of ether oxygens (including phenoxy) is 1. The van der Waals surface area contributed by atoms with Gasteiger partial charge in [-0.3, -0.25) is 4.57 Å². The van der Waals surface area contributed by atoms with E-state index in [9.17, 15) is 0 Å². The molecule has 0 saturated carbocycles. The SMILES string of the molecule is [2H]c1cc(Oc2ccc3c4c([2H])c([2H])c([2H])c([2H])c4n(-c4cc(C(C)(C)C)ccn4)c3c2)cc(N2CN(c3c(-c4ccccc4)cc(C(C)(C)C)cc3-c3ccccc3)c3ccccc32)c1. The molecule has 61 heavy (non-hydrogen) atoms. The van der Waals surface area contributed by atoms with Crippen molar-refractivity contribution in [2.75, 3.05) is 16.5 Å². The normalized spacial score (nSPS) is 14.1.